The van der Waals surface area contributed by atoms with Gasteiger partial charge >= 0.3 is 6.03 Å². The minimum atomic E-state index is -1.13. The molecule has 2 heterocycles. The van der Waals surface area contributed by atoms with Crippen LogP contribution in [0.15, 0.2) is 12.4 Å². The zero-order valence-corrected chi connectivity index (χ0v) is 15.1. The highest BCUT2D eigenvalue weighted by molar-refractivity contribution is 5.73. The van der Waals surface area contributed by atoms with E-state index in [1.165, 1.54) is 25.9 Å². The molecule has 0 saturated carbocycles. The molecule has 2 rings (SSSR count). The number of aliphatic hydroxyl groups is 1. The Morgan fingerprint density at radius 2 is 2.29 bits per heavy atom. The van der Waals surface area contributed by atoms with Crippen molar-refractivity contribution < 1.29 is 9.90 Å². The summed E-state index contributed by atoms with van der Waals surface area (Å²) in [7, 11) is 1.79. The van der Waals surface area contributed by atoms with Gasteiger partial charge < -0.3 is 20.6 Å². The van der Waals surface area contributed by atoms with Gasteiger partial charge in [0.05, 0.1) is 12.7 Å². The molecule has 3 N–H and O–H groups in total. The topological polar surface area (TPSA) is 82.4 Å². The number of aromatic nitrogens is 2. The summed E-state index contributed by atoms with van der Waals surface area (Å²) in [5, 5.41) is 20.0. The summed E-state index contributed by atoms with van der Waals surface area (Å²) in [6, 6.07) is -0.244. The second-order valence-electron chi connectivity index (χ2n) is 7.19. The number of rotatable bonds is 7. The van der Waals surface area contributed by atoms with Gasteiger partial charge in [-0.2, -0.15) is 5.10 Å². The van der Waals surface area contributed by atoms with Crippen molar-refractivity contribution in [3.05, 3.63) is 18.0 Å². The summed E-state index contributed by atoms with van der Waals surface area (Å²) < 4.78 is 1.63. The summed E-state index contributed by atoms with van der Waals surface area (Å²) in [6.07, 6.45) is 6.91. The summed E-state index contributed by atoms with van der Waals surface area (Å²) in [5.74, 6) is 0.782. The van der Waals surface area contributed by atoms with Crippen LogP contribution in [0.5, 0.6) is 0 Å². The first-order chi connectivity index (χ1) is 11.4. The minimum absolute atomic E-state index is 0.147. The molecule has 7 nitrogen and oxygen atoms in total. The quantitative estimate of drug-likeness (QED) is 0.650. The van der Waals surface area contributed by atoms with E-state index in [1.54, 1.807) is 31.0 Å². The number of nitrogens with zero attached hydrogens (tertiary/aromatic N) is 3. The average Bonchev–Trinajstić information content (AvgIpc) is 2.97. The summed E-state index contributed by atoms with van der Waals surface area (Å²) in [5.41, 5.74) is -0.445. The predicted molar refractivity (Wildman–Crippen MR) is 93.6 cm³/mol. The van der Waals surface area contributed by atoms with Gasteiger partial charge in [0.25, 0.3) is 0 Å². The second kappa shape index (κ2) is 8.48. The second-order valence-corrected chi connectivity index (χ2v) is 7.19. The fourth-order valence-electron chi connectivity index (χ4n) is 3.11. The van der Waals surface area contributed by atoms with Gasteiger partial charge in [0.15, 0.2) is 0 Å². The number of nitrogens with one attached hydrogen (secondary N) is 2. The van der Waals surface area contributed by atoms with Crippen LogP contribution in [0.1, 0.15) is 38.7 Å². The van der Waals surface area contributed by atoms with Gasteiger partial charge in [-0.25, -0.2) is 4.79 Å². The average molecular weight is 337 g/mol. The summed E-state index contributed by atoms with van der Waals surface area (Å²) in [6.45, 7) is 8.12. The lowest BCUT2D eigenvalue weighted by atomic mass is 10.00. The normalized spacial score (nSPS) is 21.2. The highest BCUT2D eigenvalue weighted by atomic mass is 16.3. The standard InChI is InChI=1S/C17H31N5O2/c1-14-6-4-8-22(11-14)9-5-7-18-16(23)19-13-17(2,24)15-10-20-21(3)12-15/h10,12,14,24H,4-9,11,13H2,1-3H3,(H2,18,19,23). The first-order valence-electron chi connectivity index (χ1n) is 8.82. The van der Waals surface area contributed by atoms with Crippen molar-refractivity contribution in [1.29, 1.82) is 0 Å². The van der Waals surface area contributed by atoms with E-state index in [0.29, 0.717) is 12.1 Å². The molecule has 0 aliphatic carbocycles. The first kappa shape index (κ1) is 18.7. The lowest BCUT2D eigenvalue weighted by molar-refractivity contribution is 0.0593. The lowest BCUT2D eigenvalue weighted by Crippen LogP contribution is -2.44. The molecule has 136 valence electrons. The molecule has 0 radical (unpaired) electrons. The number of hydrogen-bond donors (Lipinski definition) is 3. The maximum absolute atomic E-state index is 11.9. The number of aryl methyl sites for hydroxylation is 1. The predicted octanol–water partition coefficient (Wildman–Crippen LogP) is 1.05. The van der Waals surface area contributed by atoms with E-state index >= 15 is 0 Å². The third-order valence-electron chi connectivity index (χ3n) is 4.60. The van der Waals surface area contributed by atoms with Crippen LogP contribution in [0.2, 0.25) is 0 Å². The van der Waals surface area contributed by atoms with Crippen molar-refractivity contribution in [1.82, 2.24) is 25.3 Å². The Labute approximate surface area is 144 Å². The third-order valence-corrected chi connectivity index (χ3v) is 4.60. The van der Waals surface area contributed by atoms with Crippen molar-refractivity contribution in [3.8, 4) is 0 Å². The molecular formula is C17H31N5O2. The Kier molecular flexibility index (Phi) is 6.62. The molecule has 1 aromatic heterocycles. The summed E-state index contributed by atoms with van der Waals surface area (Å²) >= 11 is 0. The van der Waals surface area contributed by atoms with Gasteiger partial charge in [-0.15, -0.1) is 0 Å². The number of likely N-dealkylation sites (tertiary alicyclic amines) is 1. The van der Waals surface area contributed by atoms with E-state index in [0.717, 1.165) is 18.9 Å². The van der Waals surface area contributed by atoms with Crippen molar-refractivity contribution in [2.75, 3.05) is 32.7 Å². The van der Waals surface area contributed by atoms with Crippen LogP contribution in [0.4, 0.5) is 4.79 Å². The largest absolute Gasteiger partial charge is 0.383 e. The Hall–Kier alpha value is -1.60. The van der Waals surface area contributed by atoms with E-state index in [2.05, 4.69) is 27.6 Å². The van der Waals surface area contributed by atoms with Crippen molar-refractivity contribution in [2.24, 2.45) is 13.0 Å². The van der Waals surface area contributed by atoms with Crippen molar-refractivity contribution in [2.45, 2.75) is 38.7 Å². The first-order valence-corrected chi connectivity index (χ1v) is 8.82. The molecule has 1 saturated heterocycles. The van der Waals surface area contributed by atoms with Gasteiger partial charge in [-0.1, -0.05) is 6.92 Å². The van der Waals surface area contributed by atoms with Crippen LogP contribution in [-0.4, -0.2) is 58.5 Å². The van der Waals surface area contributed by atoms with Gasteiger partial charge in [0, 0.05) is 31.9 Å². The molecule has 0 bridgehead atoms. The molecule has 1 aliphatic rings. The number of hydrogen-bond acceptors (Lipinski definition) is 4. The number of piperidine rings is 1. The minimum Gasteiger partial charge on any atom is -0.383 e. The zero-order chi connectivity index (χ0) is 17.6. The van der Waals surface area contributed by atoms with E-state index in [-0.39, 0.29) is 12.6 Å². The highest BCUT2D eigenvalue weighted by Gasteiger charge is 2.25. The Morgan fingerprint density at radius 1 is 1.50 bits per heavy atom. The lowest BCUT2D eigenvalue weighted by Gasteiger charge is -2.30. The smallest absolute Gasteiger partial charge is 0.314 e. The molecule has 2 unspecified atom stereocenters. The molecule has 1 fully saturated rings. The molecule has 2 atom stereocenters. The number of carbonyl (C=O) groups is 1. The third kappa shape index (κ3) is 5.79. The van der Waals surface area contributed by atoms with Crippen LogP contribution in [0.25, 0.3) is 0 Å². The molecule has 1 aliphatic heterocycles. The van der Waals surface area contributed by atoms with Crippen molar-refractivity contribution in [3.63, 3.8) is 0 Å². The highest BCUT2D eigenvalue weighted by Crippen LogP contribution is 2.18. The summed E-state index contributed by atoms with van der Waals surface area (Å²) in [4.78, 5) is 14.3. The maximum atomic E-state index is 11.9. The van der Waals surface area contributed by atoms with Crippen LogP contribution >= 0.6 is 0 Å². The molecular weight excluding hydrogens is 306 g/mol. The Bertz CT molecular complexity index is 529. The SMILES string of the molecule is CC1CCCN(CCCNC(=O)NCC(C)(O)c2cnn(C)c2)C1. The van der Waals surface area contributed by atoms with E-state index in [9.17, 15) is 9.90 Å². The number of carbonyl (C=O) groups excluding carboxylic acids is 1. The van der Waals surface area contributed by atoms with Crippen LogP contribution in [-0.2, 0) is 12.6 Å². The monoisotopic (exact) mass is 337 g/mol. The fraction of sp³-hybridized carbons (Fsp3) is 0.765. The molecule has 0 aromatic carbocycles. The molecule has 1 aromatic rings. The van der Waals surface area contributed by atoms with E-state index < -0.39 is 5.60 Å². The van der Waals surface area contributed by atoms with Gasteiger partial charge in [0.1, 0.15) is 5.60 Å². The van der Waals surface area contributed by atoms with Crippen LogP contribution in [0.3, 0.4) is 0 Å². The fourth-order valence-corrected chi connectivity index (χ4v) is 3.11. The van der Waals surface area contributed by atoms with Crippen LogP contribution < -0.4 is 10.6 Å². The molecule has 0 spiro atoms. The van der Waals surface area contributed by atoms with E-state index in [1.807, 2.05) is 0 Å². The Balaban J connectivity index is 1.61. The van der Waals surface area contributed by atoms with Gasteiger partial charge in [-0.3, -0.25) is 4.68 Å². The van der Waals surface area contributed by atoms with Crippen molar-refractivity contribution >= 4 is 6.03 Å². The molecule has 2 amide bonds. The maximum Gasteiger partial charge on any atom is 0.314 e. The van der Waals surface area contributed by atoms with Gasteiger partial charge in [0.2, 0.25) is 0 Å². The van der Waals surface area contributed by atoms with Gasteiger partial charge in [-0.05, 0) is 45.2 Å². The Morgan fingerprint density at radius 3 is 2.96 bits per heavy atom. The molecule has 24 heavy (non-hydrogen) atoms. The number of amides is 2. The number of urea groups is 1. The zero-order valence-electron chi connectivity index (χ0n) is 15.1. The van der Waals surface area contributed by atoms with Crippen LogP contribution in [0, 0.1) is 5.92 Å². The van der Waals surface area contributed by atoms with E-state index in [4.69, 9.17) is 0 Å². The molecule has 7 heteroatoms.